The average molecular weight is 297 g/mol. The lowest BCUT2D eigenvalue weighted by Crippen LogP contribution is -2.33. The highest BCUT2D eigenvalue weighted by Crippen LogP contribution is 2.23. The zero-order chi connectivity index (χ0) is 13.1. The first-order valence-electron chi connectivity index (χ1n) is 4.97. The molecule has 0 amide bonds. The number of halogens is 2. The number of sulfonamides is 1. The minimum absolute atomic E-state index is 0.365. The minimum Gasteiger partial charge on any atom is -0.318 e. The van der Waals surface area contributed by atoms with Gasteiger partial charge in [0.2, 0.25) is 10.0 Å². The van der Waals surface area contributed by atoms with Gasteiger partial charge in [-0.05, 0) is 32.2 Å². The quantitative estimate of drug-likeness (QED) is 0.877. The van der Waals surface area contributed by atoms with Crippen LogP contribution in [0, 0.1) is 0 Å². The molecule has 1 aromatic carbocycles. The number of anilines is 1. The molecule has 7 heteroatoms. The van der Waals surface area contributed by atoms with E-state index in [1.54, 1.807) is 14.0 Å². The van der Waals surface area contributed by atoms with Gasteiger partial charge in [0, 0.05) is 16.6 Å². The summed E-state index contributed by atoms with van der Waals surface area (Å²) >= 11 is 11.6. The Labute approximate surface area is 111 Å². The van der Waals surface area contributed by atoms with E-state index in [0.29, 0.717) is 22.3 Å². The maximum atomic E-state index is 11.9. The lowest BCUT2D eigenvalue weighted by molar-refractivity contribution is 0.584. The maximum Gasteiger partial charge on any atom is 0.236 e. The van der Waals surface area contributed by atoms with Crippen LogP contribution in [0.2, 0.25) is 10.0 Å². The van der Waals surface area contributed by atoms with E-state index < -0.39 is 15.3 Å². The lowest BCUT2D eigenvalue weighted by Gasteiger charge is -2.14. The molecule has 0 aliphatic carbocycles. The van der Waals surface area contributed by atoms with Gasteiger partial charge in [-0.15, -0.1) is 0 Å². The molecule has 96 valence electrons. The van der Waals surface area contributed by atoms with Crippen LogP contribution in [-0.4, -0.2) is 27.3 Å². The smallest absolute Gasteiger partial charge is 0.236 e. The van der Waals surface area contributed by atoms with E-state index >= 15 is 0 Å². The van der Waals surface area contributed by atoms with Crippen molar-refractivity contribution in [1.29, 1.82) is 0 Å². The Balaban J connectivity index is 2.90. The molecular weight excluding hydrogens is 283 g/mol. The molecule has 2 N–H and O–H groups in total. The Morgan fingerprint density at radius 1 is 1.24 bits per heavy atom. The van der Waals surface area contributed by atoms with Gasteiger partial charge in [0.25, 0.3) is 0 Å². The molecule has 0 saturated carbocycles. The molecule has 1 aromatic rings. The van der Waals surface area contributed by atoms with Crippen molar-refractivity contribution in [2.45, 2.75) is 12.2 Å². The van der Waals surface area contributed by atoms with E-state index in [1.807, 2.05) is 0 Å². The van der Waals surface area contributed by atoms with E-state index in [9.17, 15) is 8.42 Å². The standard InChI is InChI=1S/C10H14Cl2N2O2S/c1-7(6-13-2)17(15,16)14-10-4-8(11)3-9(12)5-10/h3-5,7,13-14H,6H2,1-2H3. The van der Waals surface area contributed by atoms with Gasteiger partial charge in [0.15, 0.2) is 0 Å². The molecule has 17 heavy (non-hydrogen) atoms. The molecule has 0 heterocycles. The fourth-order valence-corrected chi connectivity index (χ4v) is 2.83. The fourth-order valence-electron chi connectivity index (χ4n) is 1.27. The third kappa shape index (κ3) is 4.35. The van der Waals surface area contributed by atoms with Crippen molar-refractivity contribution in [2.75, 3.05) is 18.3 Å². The number of hydrogen-bond donors (Lipinski definition) is 2. The summed E-state index contributed by atoms with van der Waals surface area (Å²) in [6, 6.07) is 4.56. The summed E-state index contributed by atoms with van der Waals surface area (Å²) < 4.78 is 26.2. The Morgan fingerprint density at radius 3 is 2.24 bits per heavy atom. The van der Waals surface area contributed by atoms with Crippen LogP contribution in [-0.2, 0) is 10.0 Å². The average Bonchev–Trinajstić information content (AvgIpc) is 2.15. The van der Waals surface area contributed by atoms with Gasteiger partial charge in [-0.3, -0.25) is 4.72 Å². The van der Waals surface area contributed by atoms with Gasteiger partial charge in [-0.1, -0.05) is 23.2 Å². The van der Waals surface area contributed by atoms with Crippen LogP contribution < -0.4 is 10.0 Å². The molecule has 0 aliphatic heterocycles. The first-order valence-corrected chi connectivity index (χ1v) is 7.27. The predicted molar refractivity (Wildman–Crippen MR) is 72.4 cm³/mol. The van der Waals surface area contributed by atoms with E-state index in [1.165, 1.54) is 18.2 Å². The van der Waals surface area contributed by atoms with Crippen molar-refractivity contribution < 1.29 is 8.42 Å². The van der Waals surface area contributed by atoms with E-state index in [4.69, 9.17) is 23.2 Å². The summed E-state index contributed by atoms with van der Waals surface area (Å²) in [6.07, 6.45) is 0. The van der Waals surface area contributed by atoms with Gasteiger partial charge in [-0.2, -0.15) is 0 Å². The summed E-state index contributed by atoms with van der Waals surface area (Å²) in [5.41, 5.74) is 0.366. The molecule has 1 unspecified atom stereocenters. The van der Waals surface area contributed by atoms with Crippen LogP contribution in [0.15, 0.2) is 18.2 Å². The molecule has 0 radical (unpaired) electrons. The summed E-state index contributed by atoms with van der Waals surface area (Å²) in [4.78, 5) is 0. The van der Waals surface area contributed by atoms with Crippen molar-refractivity contribution in [1.82, 2.24) is 5.32 Å². The Morgan fingerprint density at radius 2 is 1.76 bits per heavy atom. The van der Waals surface area contributed by atoms with Crippen LogP contribution in [0.25, 0.3) is 0 Å². The topological polar surface area (TPSA) is 58.2 Å². The highest BCUT2D eigenvalue weighted by molar-refractivity contribution is 7.93. The SMILES string of the molecule is CNCC(C)S(=O)(=O)Nc1cc(Cl)cc(Cl)c1. The van der Waals surface area contributed by atoms with Crippen molar-refractivity contribution in [3.8, 4) is 0 Å². The maximum absolute atomic E-state index is 11.9. The number of nitrogens with one attached hydrogen (secondary N) is 2. The zero-order valence-corrected chi connectivity index (χ0v) is 11.8. The van der Waals surface area contributed by atoms with Gasteiger partial charge < -0.3 is 5.32 Å². The molecule has 0 saturated heterocycles. The van der Waals surface area contributed by atoms with Crippen molar-refractivity contribution in [2.24, 2.45) is 0 Å². The molecular formula is C10H14Cl2N2O2S. The Hall–Kier alpha value is -0.490. The van der Waals surface area contributed by atoms with Gasteiger partial charge >= 0.3 is 0 Å². The molecule has 1 atom stereocenters. The number of benzene rings is 1. The van der Waals surface area contributed by atoms with Crippen LogP contribution in [0.4, 0.5) is 5.69 Å². The van der Waals surface area contributed by atoms with Crippen LogP contribution >= 0.6 is 23.2 Å². The molecule has 0 fully saturated rings. The van der Waals surface area contributed by atoms with Crippen molar-refractivity contribution >= 4 is 38.9 Å². The summed E-state index contributed by atoms with van der Waals surface area (Å²) in [5.74, 6) is 0. The molecule has 0 aliphatic rings. The normalized spacial score (nSPS) is 13.4. The van der Waals surface area contributed by atoms with E-state index in [0.717, 1.165) is 0 Å². The largest absolute Gasteiger partial charge is 0.318 e. The second-order valence-electron chi connectivity index (χ2n) is 3.67. The Kier molecular flexibility index (Phi) is 5.06. The van der Waals surface area contributed by atoms with Crippen molar-refractivity contribution in [3.63, 3.8) is 0 Å². The molecule has 0 bridgehead atoms. The molecule has 0 aromatic heterocycles. The first kappa shape index (κ1) is 14.6. The fraction of sp³-hybridized carbons (Fsp3) is 0.400. The highest BCUT2D eigenvalue weighted by Gasteiger charge is 2.19. The van der Waals surface area contributed by atoms with E-state index in [-0.39, 0.29) is 0 Å². The summed E-state index contributed by atoms with van der Waals surface area (Å²) in [6.45, 7) is 1.98. The van der Waals surface area contributed by atoms with Gasteiger partial charge in [0.1, 0.15) is 0 Å². The molecule has 1 rings (SSSR count). The van der Waals surface area contributed by atoms with Crippen molar-refractivity contribution in [3.05, 3.63) is 28.2 Å². The second kappa shape index (κ2) is 5.91. The minimum atomic E-state index is -3.44. The number of rotatable bonds is 5. The van der Waals surface area contributed by atoms with E-state index in [2.05, 4.69) is 10.0 Å². The first-order chi connectivity index (χ1) is 7.85. The lowest BCUT2D eigenvalue weighted by atomic mass is 10.3. The molecule has 0 spiro atoms. The second-order valence-corrected chi connectivity index (χ2v) is 6.65. The number of hydrogen-bond acceptors (Lipinski definition) is 3. The third-order valence-corrected chi connectivity index (χ3v) is 4.33. The zero-order valence-electron chi connectivity index (χ0n) is 9.50. The monoisotopic (exact) mass is 296 g/mol. The van der Waals surface area contributed by atoms with Crippen LogP contribution in [0.5, 0.6) is 0 Å². The molecule has 4 nitrogen and oxygen atoms in total. The Bertz CT molecular complexity index is 471. The highest BCUT2D eigenvalue weighted by atomic mass is 35.5. The third-order valence-electron chi connectivity index (χ3n) is 2.14. The summed E-state index contributed by atoms with van der Waals surface area (Å²) in [5, 5.41) is 3.03. The predicted octanol–water partition coefficient (Wildman–Crippen LogP) is 2.34. The summed E-state index contributed by atoms with van der Waals surface area (Å²) in [7, 11) is -1.74. The van der Waals surface area contributed by atoms with Crippen LogP contribution in [0.3, 0.4) is 0 Å². The van der Waals surface area contributed by atoms with Gasteiger partial charge in [0.05, 0.1) is 10.9 Å². The van der Waals surface area contributed by atoms with Gasteiger partial charge in [-0.25, -0.2) is 8.42 Å². The van der Waals surface area contributed by atoms with Crippen LogP contribution in [0.1, 0.15) is 6.92 Å².